The quantitative estimate of drug-likeness (QED) is 0.623. The molecule has 1 aliphatic rings. The Morgan fingerprint density at radius 3 is 2.56 bits per heavy atom. The molecule has 1 fully saturated rings. The topological polar surface area (TPSA) is 61.1 Å². The molecule has 1 aliphatic carbocycles. The lowest BCUT2D eigenvalue weighted by atomic mass is 10.1. The van der Waals surface area contributed by atoms with Crippen molar-refractivity contribution in [1.29, 1.82) is 5.26 Å². The smallest absolute Gasteiger partial charge is 0.325 e. The summed E-state index contributed by atoms with van der Waals surface area (Å²) >= 11 is 7.48. The molecule has 88 valence electrons. The van der Waals surface area contributed by atoms with Crippen LogP contribution in [0.4, 0.5) is 0 Å². The van der Waals surface area contributed by atoms with Gasteiger partial charge in [-0.2, -0.15) is 5.26 Å². The number of rotatable bonds is 4. The zero-order chi connectivity index (χ0) is 12.6. The molecule has 1 saturated carbocycles. The third kappa shape index (κ3) is 1.83. The minimum atomic E-state index is -1.26. The maximum absolute atomic E-state index is 11.1. The van der Waals surface area contributed by atoms with Crippen LogP contribution in [0.15, 0.2) is 11.0 Å². The molecule has 0 heterocycles. The Morgan fingerprint density at radius 2 is 2.25 bits per heavy atom. The van der Waals surface area contributed by atoms with Gasteiger partial charge in [0.1, 0.15) is 6.07 Å². The normalized spacial score (nSPS) is 31.9. The first-order chi connectivity index (χ1) is 7.32. The fourth-order valence-electron chi connectivity index (χ4n) is 1.91. The van der Waals surface area contributed by atoms with Crippen LogP contribution in [0.1, 0.15) is 20.8 Å². The van der Waals surface area contributed by atoms with Crippen molar-refractivity contribution in [3.05, 3.63) is 11.0 Å². The molecule has 1 unspecified atom stereocenters. The lowest BCUT2D eigenvalue weighted by molar-refractivity contribution is -0.138. The van der Waals surface area contributed by atoms with E-state index in [0.717, 1.165) is 5.75 Å². The molecule has 0 radical (unpaired) electrons. The Balaban J connectivity index is 2.94. The molecule has 0 aromatic carbocycles. The number of thioether (sulfide) groups is 1. The molecule has 3 nitrogen and oxygen atoms in total. The Hall–Kier alpha value is -0.660. The van der Waals surface area contributed by atoms with Gasteiger partial charge in [-0.1, -0.05) is 26.8 Å². The van der Waals surface area contributed by atoms with E-state index in [0.29, 0.717) is 4.91 Å². The lowest BCUT2D eigenvalue weighted by Gasteiger charge is -2.03. The van der Waals surface area contributed by atoms with Crippen LogP contribution in [-0.2, 0) is 4.79 Å². The van der Waals surface area contributed by atoms with Gasteiger partial charge in [-0.3, -0.25) is 4.79 Å². The van der Waals surface area contributed by atoms with Crippen molar-refractivity contribution in [3.63, 3.8) is 0 Å². The molecule has 0 amide bonds. The second kappa shape index (κ2) is 4.31. The van der Waals surface area contributed by atoms with E-state index in [1.807, 2.05) is 6.92 Å². The van der Waals surface area contributed by atoms with Crippen LogP contribution >= 0.6 is 23.4 Å². The summed E-state index contributed by atoms with van der Waals surface area (Å²) in [5.41, 5.74) is -0.503. The van der Waals surface area contributed by atoms with Gasteiger partial charge in [-0.25, -0.2) is 0 Å². The number of aliphatic carboxylic acids is 1. The number of allylic oxidation sites excluding steroid dienone is 2. The van der Waals surface area contributed by atoms with Crippen molar-refractivity contribution in [2.75, 3.05) is 5.75 Å². The molecule has 0 aromatic heterocycles. The minimum absolute atomic E-state index is 0.284. The highest BCUT2D eigenvalue weighted by Gasteiger charge is 2.74. The van der Waals surface area contributed by atoms with Gasteiger partial charge in [0.15, 0.2) is 4.87 Å². The van der Waals surface area contributed by atoms with Crippen molar-refractivity contribution in [3.8, 4) is 6.07 Å². The van der Waals surface area contributed by atoms with E-state index in [2.05, 4.69) is 6.07 Å². The number of carbonyl (C=O) groups is 1. The van der Waals surface area contributed by atoms with Crippen LogP contribution in [0, 0.1) is 22.7 Å². The second-order valence-electron chi connectivity index (χ2n) is 4.29. The van der Waals surface area contributed by atoms with E-state index in [1.165, 1.54) is 11.8 Å². The summed E-state index contributed by atoms with van der Waals surface area (Å²) in [6.07, 6.45) is 1.69. The Morgan fingerprint density at radius 1 is 1.69 bits per heavy atom. The summed E-state index contributed by atoms with van der Waals surface area (Å²) in [5.74, 6) is -0.512. The van der Waals surface area contributed by atoms with Gasteiger partial charge in [0.2, 0.25) is 0 Å². The van der Waals surface area contributed by atoms with Crippen molar-refractivity contribution in [2.45, 2.75) is 25.6 Å². The first-order valence-electron chi connectivity index (χ1n) is 4.99. The number of nitrogens with zero attached hydrogens (tertiary/aromatic N) is 1. The molecule has 2 atom stereocenters. The number of carboxylic acids is 1. The third-order valence-electron chi connectivity index (χ3n) is 3.10. The van der Waals surface area contributed by atoms with Crippen molar-refractivity contribution < 1.29 is 9.90 Å². The van der Waals surface area contributed by atoms with E-state index in [9.17, 15) is 4.79 Å². The molecule has 1 rings (SSSR count). The van der Waals surface area contributed by atoms with Crippen molar-refractivity contribution >= 4 is 29.3 Å². The largest absolute Gasteiger partial charge is 0.480 e. The van der Waals surface area contributed by atoms with Gasteiger partial charge in [0.05, 0.1) is 4.91 Å². The van der Waals surface area contributed by atoms with E-state index >= 15 is 0 Å². The molecular weight excluding hydrogens is 246 g/mol. The van der Waals surface area contributed by atoms with E-state index in [1.54, 1.807) is 19.9 Å². The van der Waals surface area contributed by atoms with Gasteiger partial charge in [0, 0.05) is 11.3 Å². The summed E-state index contributed by atoms with van der Waals surface area (Å²) in [4.78, 5) is 10.4. The SMILES string of the molecule is CCS/C(C#N)=C/C1C(C)(C)[C@@]1(Cl)C(=O)O. The number of hydrogen-bond donors (Lipinski definition) is 1. The highest BCUT2D eigenvalue weighted by Crippen LogP contribution is 2.67. The lowest BCUT2D eigenvalue weighted by Crippen LogP contribution is -2.21. The second-order valence-corrected chi connectivity index (χ2v) is 6.19. The molecule has 0 aliphatic heterocycles. The summed E-state index contributed by atoms with van der Waals surface area (Å²) in [6.45, 7) is 5.56. The minimum Gasteiger partial charge on any atom is -0.480 e. The standard InChI is InChI=1S/C11H14ClNO2S/c1-4-16-7(6-13)5-8-10(2,3)11(8,12)9(14)15/h5,8H,4H2,1-3H3,(H,14,15)/b7-5+/t8?,11-/m0/s1. The van der Waals surface area contributed by atoms with Crippen LogP contribution in [-0.4, -0.2) is 21.7 Å². The van der Waals surface area contributed by atoms with Crippen LogP contribution in [0.25, 0.3) is 0 Å². The number of halogens is 1. The highest BCUT2D eigenvalue weighted by molar-refractivity contribution is 8.03. The van der Waals surface area contributed by atoms with Gasteiger partial charge >= 0.3 is 5.97 Å². The summed E-state index contributed by atoms with van der Waals surface area (Å²) < 4.78 is 0. The van der Waals surface area contributed by atoms with Gasteiger partial charge in [0.25, 0.3) is 0 Å². The molecule has 0 bridgehead atoms. The van der Waals surface area contributed by atoms with Crippen molar-refractivity contribution in [1.82, 2.24) is 0 Å². The molecule has 1 N–H and O–H groups in total. The number of hydrogen-bond acceptors (Lipinski definition) is 3. The molecule has 0 saturated heterocycles. The monoisotopic (exact) mass is 259 g/mol. The maximum atomic E-state index is 11.1. The van der Waals surface area contributed by atoms with Gasteiger partial charge < -0.3 is 5.11 Å². The van der Waals surface area contributed by atoms with E-state index in [4.69, 9.17) is 22.0 Å². The van der Waals surface area contributed by atoms with Crippen LogP contribution < -0.4 is 0 Å². The molecule has 16 heavy (non-hydrogen) atoms. The third-order valence-corrected chi connectivity index (χ3v) is 4.81. The predicted octanol–water partition coefficient (Wildman–Crippen LogP) is 2.87. The Labute approximate surface area is 104 Å². The first kappa shape index (κ1) is 13.4. The Kier molecular flexibility index (Phi) is 3.61. The molecule has 0 aromatic rings. The molecule has 0 spiro atoms. The zero-order valence-electron chi connectivity index (χ0n) is 9.45. The van der Waals surface area contributed by atoms with E-state index < -0.39 is 16.3 Å². The summed E-state index contributed by atoms with van der Waals surface area (Å²) in [5, 5.41) is 18.0. The summed E-state index contributed by atoms with van der Waals surface area (Å²) in [7, 11) is 0. The van der Waals surface area contributed by atoms with Gasteiger partial charge in [-0.15, -0.1) is 23.4 Å². The van der Waals surface area contributed by atoms with Crippen molar-refractivity contribution in [2.24, 2.45) is 11.3 Å². The zero-order valence-corrected chi connectivity index (χ0v) is 11.0. The van der Waals surface area contributed by atoms with E-state index in [-0.39, 0.29) is 5.92 Å². The average molecular weight is 260 g/mol. The first-order valence-corrected chi connectivity index (χ1v) is 6.35. The number of carboxylic acid groups (broad SMARTS) is 1. The fraction of sp³-hybridized carbons (Fsp3) is 0.636. The fourth-order valence-corrected chi connectivity index (χ4v) is 2.91. The predicted molar refractivity (Wildman–Crippen MR) is 65.3 cm³/mol. The molecule has 5 heteroatoms. The number of nitriles is 1. The number of alkyl halides is 1. The maximum Gasteiger partial charge on any atom is 0.325 e. The van der Waals surface area contributed by atoms with Crippen LogP contribution in [0.3, 0.4) is 0 Å². The van der Waals surface area contributed by atoms with Gasteiger partial charge in [-0.05, 0) is 5.75 Å². The van der Waals surface area contributed by atoms with Crippen LogP contribution in [0.2, 0.25) is 0 Å². The summed E-state index contributed by atoms with van der Waals surface area (Å²) in [6, 6.07) is 2.06. The highest BCUT2D eigenvalue weighted by atomic mass is 35.5. The van der Waals surface area contributed by atoms with Crippen LogP contribution in [0.5, 0.6) is 0 Å². The Bertz CT molecular complexity index is 386. The molecular formula is C11H14ClNO2S. The average Bonchev–Trinajstić information content (AvgIpc) is 2.63.